The number of carbonyl (C=O) groups excluding carboxylic acids is 1. The maximum Gasteiger partial charge on any atom is 0.377 e. The molecule has 1 aromatic rings. The second-order valence-corrected chi connectivity index (χ2v) is 3.57. The van der Waals surface area contributed by atoms with E-state index in [0.717, 1.165) is 5.69 Å². The van der Waals surface area contributed by atoms with E-state index in [1.54, 1.807) is 6.92 Å². The van der Waals surface area contributed by atoms with E-state index in [1.807, 2.05) is 30.3 Å². The van der Waals surface area contributed by atoms with Gasteiger partial charge in [0, 0.05) is 0 Å². The van der Waals surface area contributed by atoms with Crippen LogP contribution >= 0.6 is 12.8 Å². The molecule has 1 aromatic carbocycles. The molecule has 6 nitrogen and oxygen atoms in total. The Kier molecular flexibility index (Phi) is 3.50. The molecule has 0 aromatic heterocycles. The average Bonchev–Trinajstić information content (AvgIpc) is 2.73. The summed E-state index contributed by atoms with van der Waals surface area (Å²) in [5.74, 6) is -0.353. The molecule has 0 aliphatic carbocycles. The van der Waals surface area contributed by atoms with Gasteiger partial charge in [-0.05, 0) is 31.9 Å². The lowest BCUT2D eigenvalue weighted by Crippen LogP contribution is -2.42. The molecule has 0 spiro atoms. The predicted molar refractivity (Wildman–Crippen MR) is 66.9 cm³/mol. The van der Waals surface area contributed by atoms with Crippen LogP contribution in [0.4, 0.5) is 5.69 Å². The number of benzene rings is 1. The van der Waals surface area contributed by atoms with Crippen molar-refractivity contribution in [3.8, 4) is 0 Å². The molecule has 1 aliphatic rings. The Hall–Kier alpha value is -1.73. The molecule has 0 amide bonds. The summed E-state index contributed by atoms with van der Waals surface area (Å²) in [5.41, 5.74) is 3.33. The van der Waals surface area contributed by atoms with E-state index in [4.69, 9.17) is 4.74 Å². The lowest BCUT2D eigenvalue weighted by Gasteiger charge is -2.23. The lowest BCUT2D eigenvalue weighted by molar-refractivity contribution is -0.135. The van der Waals surface area contributed by atoms with Crippen molar-refractivity contribution in [3.63, 3.8) is 0 Å². The van der Waals surface area contributed by atoms with Crippen molar-refractivity contribution >= 4 is 30.3 Å². The summed E-state index contributed by atoms with van der Waals surface area (Å²) in [6.45, 7) is 2.04. The summed E-state index contributed by atoms with van der Waals surface area (Å²) in [7, 11) is 0. The van der Waals surface area contributed by atoms with Gasteiger partial charge in [0.2, 0.25) is 0 Å². The number of ether oxygens (including phenoxy) is 1. The fourth-order valence-electron chi connectivity index (χ4n) is 1.40. The molecule has 17 heavy (non-hydrogen) atoms. The molecule has 0 radical (unpaired) electrons. The number of carbonyl (C=O) groups is 1. The number of amidine groups is 1. The first-order valence-corrected chi connectivity index (χ1v) is 5.48. The Bertz CT molecular complexity index is 437. The Morgan fingerprint density at radius 2 is 2.18 bits per heavy atom. The Morgan fingerprint density at radius 1 is 1.47 bits per heavy atom. The normalized spacial score (nSPS) is 15.4. The number of esters is 1. The zero-order valence-corrected chi connectivity index (χ0v) is 10.1. The molecule has 2 rings (SSSR count). The highest BCUT2D eigenvalue weighted by Gasteiger charge is 2.31. The first-order valence-electron chi connectivity index (χ1n) is 5.08. The molecular formula is C10H12N4O2S. The number of thiol groups is 1. The Morgan fingerprint density at radius 3 is 2.82 bits per heavy atom. The lowest BCUT2D eigenvalue weighted by atomic mass is 10.3. The molecule has 1 aliphatic heterocycles. The third kappa shape index (κ3) is 2.34. The standard InChI is InChI=1S/C10H12N4O2S/c1-2-16-10(15)9-11-12-14(17)13(9)8-6-4-3-5-7-8/h3-7,12,17H,2H2,1H3. The van der Waals surface area contributed by atoms with Gasteiger partial charge in [-0.25, -0.2) is 15.3 Å². The van der Waals surface area contributed by atoms with Crippen molar-refractivity contribution in [2.45, 2.75) is 6.92 Å². The summed E-state index contributed by atoms with van der Waals surface area (Å²) in [5, 5.41) is 5.38. The van der Waals surface area contributed by atoms with Crippen molar-refractivity contribution in [1.29, 1.82) is 0 Å². The molecule has 0 unspecified atom stereocenters. The number of hydrogen-bond donors (Lipinski definition) is 2. The third-order valence-corrected chi connectivity index (χ3v) is 2.36. The van der Waals surface area contributed by atoms with Crippen LogP contribution in [0.15, 0.2) is 35.4 Å². The molecule has 0 saturated heterocycles. The zero-order chi connectivity index (χ0) is 12.3. The van der Waals surface area contributed by atoms with Crippen molar-refractivity contribution in [2.24, 2.45) is 5.10 Å². The van der Waals surface area contributed by atoms with E-state index >= 15 is 0 Å². The minimum absolute atomic E-state index is 0.146. The quantitative estimate of drug-likeness (QED) is 0.619. The van der Waals surface area contributed by atoms with Gasteiger partial charge in [-0.1, -0.05) is 22.7 Å². The van der Waals surface area contributed by atoms with Gasteiger partial charge >= 0.3 is 5.97 Å². The van der Waals surface area contributed by atoms with Crippen LogP contribution in [0.2, 0.25) is 0 Å². The van der Waals surface area contributed by atoms with Gasteiger partial charge in [-0.3, -0.25) is 0 Å². The van der Waals surface area contributed by atoms with Gasteiger partial charge in [0.25, 0.3) is 5.84 Å². The molecule has 0 saturated carbocycles. The number of nitrogens with zero attached hydrogens (tertiary/aromatic N) is 3. The molecule has 0 atom stereocenters. The number of nitrogens with one attached hydrogen (secondary N) is 1. The number of anilines is 1. The summed E-state index contributed by atoms with van der Waals surface area (Å²) in [6.07, 6.45) is 0. The third-order valence-electron chi connectivity index (χ3n) is 2.09. The van der Waals surface area contributed by atoms with Crippen LogP contribution in [0.25, 0.3) is 0 Å². The SMILES string of the molecule is CCOC(=O)C1=NNN(S)N1c1ccccc1. The van der Waals surface area contributed by atoms with Crippen molar-refractivity contribution in [2.75, 3.05) is 11.6 Å². The summed E-state index contributed by atoms with van der Waals surface area (Å²) in [6, 6.07) is 9.28. The predicted octanol–water partition coefficient (Wildman–Crippen LogP) is 0.950. The minimum Gasteiger partial charge on any atom is -0.460 e. The second kappa shape index (κ2) is 5.07. The molecule has 1 heterocycles. The minimum atomic E-state index is -0.500. The number of hydrazone groups is 1. The molecule has 1 N–H and O–H groups in total. The van der Waals surface area contributed by atoms with Gasteiger partial charge in [0.05, 0.1) is 12.3 Å². The van der Waals surface area contributed by atoms with Crippen LogP contribution in [-0.4, -0.2) is 22.9 Å². The highest BCUT2D eigenvalue weighted by molar-refractivity contribution is 7.77. The van der Waals surface area contributed by atoms with Crippen LogP contribution in [-0.2, 0) is 9.53 Å². The van der Waals surface area contributed by atoms with Gasteiger partial charge in [0.1, 0.15) is 0 Å². The van der Waals surface area contributed by atoms with E-state index in [2.05, 4.69) is 23.5 Å². The summed E-state index contributed by atoms with van der Waals surface area (Å²) < 4.78 is 6.22. The maximum absolute atomic E-state index is 11.7. The molecule has 90 valence electrons. The molecule has 0 fully saturated rings. The van der Waals surface area contributed by atoms with Gasteiger partial charge in [0.15, 0.2) is 0 Å². The van der Waals surface area contributed by atoms with Gasteiger partial charge in [-0.15, -0.1) is 5.10 Å². The van der Waals surface area contributed by atoms with Crippen LogP contribution in [0.1, 0.15) is 6.92 Å². The maximum atomic E-state index is 11.7. The van der Waals surface area contributed by atoms with Crippen molar-refractivity contribution in [3.05, 3.63) is 30.3 Å². The van der Waals surface area contributed by atoms with E-state index in [1.165, 1.54) is 9.53 Å². The number of hydrogen-bond acceptors (Lipinski definition) is 7. The van der Waals surface area contributed by atoms with Crippen LogP contribution in [0.3, 0.4) is 0 Å². The fourth-order valence-corrected chi connectivity index (χ4v) is 1.64. The van der Waals surface area contributed by atoms with Gasteiger partial charge in [-0.2, -0.15) is 0 Å². The van der Waals surface area contributed by atoms with Crippen LogP contribution < -0.4 is 10.5 Å². The first kappa shape index (κ1) is 11.7. The van der Waals surface area contributed by atoms with E-state index in [-0.39, 0.29) is 5.84 Å². The highest BCUT2D eigenvalue weighted by atomic mass is 32.1. The Balaban J connectivity index is 2.25. The molecular weight excluding hydrogens is 240 g/mol. The monoisotopic (exact) mass is 252 g/mol. The van der Waals surface area contributed by atoms with Gasteiger partial charge < -0.3 is 4.74 Å². The van der Waals surface area contributed by atoms with Crippen LogP contribution in [0, 0.1) is 0 Å². The summed E-state index contributed by atoms with van der Waals surface area (Å²) >= 11 is 4.15. The van der Waals surface area contributed by atoms with E-state index in [9.17, 15) is 4.79 Å². The number of rotatable bonds is 3. The fraction of sp³-hybridized carbons (Fsp3) is 0.200. The second-order valence-electron chi connectivity index (χ2n) is 3.19. The van der Waals surface area contributed by atoms with Crippen molar-refractivity contribution in [1.82, 2.24) is 10.1 Å². The number of para-hydroxylation sites is 1. The van der Waals surface area contributed by atoms with Crippen molar-refractivity contribution < 1.29 is 9.53 Å². The molecule has 0 bridgehead atoms. The van der Waals surface area contributed by atoms with E-state index in [0.29, 0.717) is 6.61 Å². The zero-order valence-electron chi connectivity index (χ0n) is 9.20. The topological polar surface area (TPSA) is 57.2 Å². The largest absolute Gasteiger partial charge is 0.460 e. The first-order chi connectivity index (χ1) is 8.24. The number of hydrazine groups is 2. The summed E-state index contributed by atoms with van der Waals surface area (Å²) in [4.78, 5) is 11.7. The highest BCUT2D eigenvalue weighted by Crippen LogP contribution is 2.20. The smallest absolute Gasteiger partial charge is 0.377 e. The van der Waals surface area contributed by atoms with E-state index < -0.39 is 5.97 Å². The molecule has 7 heteroatoms. The Labute approximate surface area is 104 Å². The average molecular weight is 252 g/mol. The van der Waals surface area contributed by atoms with Crippen LogP contribution in [0.5, 0.6) is 0 Å².